The molecule has 0 atom stereocenters. The molecule has 0 radical (unpaired) electrons. The predicted octanol–water partition coefficient (Wildman–Crippen LogP) is 16.4. The van der Waals surface area contributed by atoms with Gasteiger partial charge in [0.25, 0.3) is 0 Å². The summed E-state index contributed by atoms with van der Waals surface area (Å²) >= 11 is 14.4. The summed E-state index contributed by atoms with van der Waals surface area (Å²) in [6.07, 6.45) is 0. The van der Waals surface area contributed by atoms with E-state index in [2.05, 4.69) is 286 Å². The molecule has 0 amide bonds. The van der Waals surface area contributed by atoms with Gasteiger partial charge in [-0.15, -0.1) is 0 Å². The summed E-state index contributed by atoms with van der Waals surface area (Å²) in [6, 6.07) is 70.6. The van der Waals surface area contributed by atoms with Crippen LogP contribution in [0.5, 0.6) is 0 Å². The fourth-order valence-corrected chi connectivity index (χ4v) is 9.07. The topological polar surface area (TPSA) is 0 Å². The molecule has 8 rings (SSSR count). The molecule has 0 aromatic heterocycles. The van der Waals surface area contributed by atoms with E-state index >= 15 is 0 Å². The molecule has 0 fully saturated rings. The van der Waals surface area contributed by atoms with E-state index in [1.807, 2.05) is 0 Å². The van der Waals surface area contributed by atoms with Crippen LogP contribution in [0.15, 0.2) is 212 Å². The Morgan fingerprint density at radius 3 is 0.466 bits per heavy atom. The molecule has 8 aromatic rings. The highest BCUT2D eigenvalue weighted by Gasteiger charge is 2.39. The molecule has 58 heavy (non-hydrogen) atoms. The van der Waals surface area contributed by atoms with Crippen molar-refractivity contribution in [3.8, 4) is 0 Å². The van der Waals surface area contributed by atoms with E-state index < -0.39 is 5.41 Å². The molecule has 4 heteroatoms. The molecule has 0 nitrogen and oxygen atoms in total. The average molecular weight is 1010 g/mol. The Labute approximate surface area is 377 Å². The lowest BCUT2D eigenvalue weighted by atomic mass is 9.65. The molecule has 0 spiro atoms. The molecule has 0 aliphatic rings. The van der Waals surface area contributed by atoms with Crippen LogP contribution in [-0.4, -0.2) is 0 Å². The lowest BCUT2D eigenvalue weighted by Gasteiger charge is -2.37. The highest BCUT2D eigenvalue weighted by Crippen LogP contribution is 2.47. The van der Waals surface area contributed by atoms with Crippen LogP contribution in [-0.2, 0) is 10.8 Å². The summed E-state index contributed by atoms with van der Waals surface area (Å²) in [5.74, 6) is 0. The molecule has 0 saturated carbocycles. The third-order valence-electron chi connectivity index (χ3n) is 11.0. The van der Waals surface area contributed by atoms with Crippen LogP contribution in [0.25, 0.3) is 0 Å². The molecule has 0 unspecified atom stereocenters. The first-order valence-electron chi connectivity index (χ1n) is 19.3. The minimum atomic E-state index is -0.442. The number of benzene rings is 8. The average Bonchev–Trinajstić information content (AvgIpc) is 3.23. The van der Waals surface area contributed by atoms with Crippen molar-refractivity contribution in [1.82, 2.24) is 0 Å². The molecule has 0 bridgehead atoms. The van der Waals surface area contributed by atoms with Gasteiger partial charge in [0.2, 0.25) is 0 Å². The molecule has 8 aromatic carbocycles. The Morgan fingerprint density at radius 1 is 0.207 bits per heavy atom. The first-order valence-corrected chi connectivity index (χ1v) is 22.5. The standard InChI is InChI=1S/C29H28.C25H16Br4/c1-21-5-13-25(14-6-21)29(26-15-7-22(2)8-16-26,27-17-9-23(3)10-18-27)28-19-11-24(4)12-20-28;26-21-9-1-17(2-10-21)25(18-3-11-22(27)12-4-18,19-5-13-23(28)14-6-19)20-7-15-24(29)16-8-20/h5-20H,1-4H3;1-16H. The van der Waals surface area contributed by atoms with E-state index in [1.165, 1.54) is 66.8 Å². The Bertz CT molecular complexity index is 1990. The van der Waals surface area contributed by atoms with Crippen LogP contribution in [0.2, 0.25) is 0 Å². The second-order valence-corrected chi connectivity index (χ2v) is 18.7. The number of rotatable bonds is 8. The van der Waals surface area contributed by atoms with Gasteiger partial charge in [-0.3, -0.25) is 0 Å². The van der Waals surface area contributed by atoms with Crippen LogP contribution in [0.3, 0.4) is 0 Å². The molecule has 0 aliphatic carbocycles. The first-order chi connectivity index (χ1) is 28.0. The van der Waals surface area contributed by atoms with Crippen molar-refractivity contribution >= 4 is 63.7 Å². The summed E-state index contributed by atoms with van der Waals surface area (Å²) in [4.78, 5) is 0. The first kappa shape index (κ1) is 41.8. The van der Waals surface area contributed by atoms with Crippen molar-refractivity contribution < 1.29 is 0 Å². The fourth-order valence-electron chi connectivity index (χ4n) is 8.01. The molecule has 0 heterocycles. The van der Waals surface area contributed by atoms with E-state index in [0.29, 0.717) is 0 Å². The molecule has 0 aliphatic heterocycles. The fraction of sp³-hybridized carbons (Fsp3) is 0.111. The monoisotopic (exact) mass is 1010 g/mol. The number of hydrogen-bond donors (Lipinski definition) is 0. The summed E-state index contributed by atoms with van der Waals surface area (Å²) in [5, 5.41) is 0. The molecule has 0 N–H and O–H groups in total. The third kappa shape index (κ3) is 8.68. The zero-order chi connectivity index (χ0) is 40.9. The number of halogens is 4. The largest absolute Gasteiger partial charge is 0.0701 e. The van der Waals surface area contributed by atoms with Gasteiger partial charge in [-0.2, -0.15) is 0 Å². The van der Waals surface area contributed by atoms with Gasteiger partial charge in [0.1, 0.15) is 0 Å². The van der Waals surface area contributed by atoms with Crippen molar-refractivity contribution in [1.29, 1.82) is 0 Å². The Hall–Kier alpha value is -4.32. The Morgan fingerprint density at radius 2 is 0.328 bits per heavy atom. The SMILES string of the molecule is Brc1ccc(C(c2ccc(Br)cc2)(c2ccc(Br)cc2)c2ccc(Br)cc2)cc1.Cc1ccc(C(c2ccc(C)cc2)(c2ccc(C)cc2)c2ccc(C)cc2)cc1. The normalized spacial score (nSPS) is 11.4. The van der Waals surface area contributed by atoms with Crippen LogP contribution in [0, 0.1) is 27.7 Å². The summed E-state index contributed by atoms with van der Waals surface area (Å²) in [7, 11) is 0. The van der Waals surface area contributed by atoms with E-state index in [0.717, 1.165) is 17.9 Å². The van der Waals surface area contributed by atoms with Crippen LogP contribution >= 0.6 is 63.7 Å². The van der Waals surface area contributed by atoms with Crippen molar-refractivity contribution in [3.05, 3.63) is 279 Å². The minimum absolute atomic E-state index is 0.358. The van der Waals surface area contributed by atoms with Gasteiger partial charge >= 0.3 is 0 Å². The lowest BCUT2D eigenvalue weighted by molar-refractivity contribution is 0.743. The lowest BCUT2D eigenvalue weighted by Crippen LogP contribution is -2.31. The van der Waals surface area contributed by atoms with Gasteiger partial charge in [0, 0.05) is 17.9 Å². The maximum atomic E-state index is 3.59. The van der Waals surface area contributed by atoms with Crippen LogP contribution in [0.4, 0.5) is 0 Å². The quantitative estimate of drug-likeness (QED) is 0.133. The summed E-state index contributed by atoms with van der Waals surface area (Å²) < 4.78 is 4.27. The van der Waals surface area contributed by atoms with Gasteiger partial charge in [0.05, 0.1) is 10.8 Å². The number of hydrogen-bond acceptors (Lipinski definition) is 0. The van der Waals surface area contributed by atoms with Gasteiger partial charge in [0.15, 0.2) is 0 Å². The van der Waals surface area contributed by atoms with Gasteiger partial charge in [-0.1, -0.05) is 232 Å². The molecular formula is C54H44Br4. The zero-order valence-electron chi connectivity index (χ0n) is 33.0. The zero-order valence-corrected chi connectivity index (χ0v) is 39.3. The van der Waals surface area contributed by atoms with E-state index in [9.17, 15) is 0 Å². The highest BCUT2D eigenvalue weighted by atomic mass is 79.9. The maximum Gasteiger partial charge on any atom is 0.0701 e. The highest BCUT2D eigenvalue weighted by molar-refractivity contribution is 9.11. The second-order valence-electron chi connectivity index (χ2n) is 15.0. The van der Waals surface area contributed by atoms with Crippen molar-refractivity contribution in [2.24, 2.45) is 0 Å². The van der Waals surface area contributed by atoms with Crippen molar-refractivity contribution in [2.45, 2.75) is 38.5 Å². The van der Waals surface area contributed by atoms with E-state index in [-0.39, 0.29) is 5.41 Å². The Kier molecular flexibility index (Phi) is 13.2. The second kappa shape index (κ2) is 18.3. The summed E-state index contributed by atoms with van der Waals surface area (Å²) in [5.41, 5.74) is 14.3. The van der Waals surface area contributed by atoms with Gasteiger partial charge in [-0.05, 0) is 121 Å². The van der Waals surface area contributed by atoms with E-state index in [4.69, 9.17) is 0 Å². The van der Waals surface area contributed by atoms with Crippen molar-refractivity contribution in [3.63, 3.8) is 0 Å². The van der Waals surface area contributed by atoms with Crippen LogP contribution in [0.1, 0.15) is 66.8 Å². The van der Waals surface area contributed by atoms with Crippen molar-refractivity contribution in [2.75, 3.05) is 0 Å². The van der Waals surface area contributed by atoms with E-state index in [1.54, 1.807) is 0 Å². The molecular weight excluding hydrogens is 968 g/mol. The predicted molar refractivity (Wildman–Crippen MR) is 259 cm³/mol. The molecule has 0 saturated heterocycles. The molecule has 288 valence electrons. The van der Waals surface area contributed by atoms with Gasteiger partial charge < -0.3 is 0 Å². The smallest absolute Gasteiger partial charge is 0.0590 e. The third-order valence-corrected chi connectivity index (χ3v) is 13.2. The minimum Gasteiger partial charge on any atom is -0.0590 e. The summed E-state index contributed by atoms with van der Waals surface area (Å²) in [6.45, 7) is 8.59. The number of aryl methyl sites for hydroxylation is 4. The van der Waals surface area contributed by atoms with Crippen LogP contribution < -0.4 is 0 Å². The van der Waals surface area contributed by atoms with Gasteiger partial charge in [-0.25, -0.2) is 0 Å². The maximum absolute atomic E-state index is 3.59. The Balaban J connectivity index is 0.000000177.